The second-order valence-corrected chi connectivity index (χ2v) is 2.95. The van der Waals surface area contributed by atoms with Gasteiger partial charge in [0.1, 0.15) is 5.84 Å². The lowest BCUT2D eigenvalue weighted by Gasteiger charge is -2.09. The number of nitrogens with zero attached hydrogens (tertiary/aromatic N) is 1. The number of carboxylic acid groups (broad SMARTS) is 1. The zero-order valence-electron chi connectivity index (χ0n) is 7.50. The molecule has 0 bridgehead atoms. The Morgan fingerprint density at radius 3 is 2.92 bits per heavy atom. The molecule has 0 aliphatic carbocycles. The Hall–Kier alpha value is -1.30. The molecule has 0 aromatic carbocycles. The molecule has 4 N–H and O–H groups in total. The summed E-state index contributed by atoms with van der Waals surface area (Å²) in [5.74, 6) is -0.475. The molecule has 1 atom stereocenters. The summed E-state index contributed by atoms with van der Waals surface area (Å²) in [7, 11) is 0. The number of carboxylic acids is 1. The normalized spacial score (nSPS) is 17.2. The Morgan fingerprint density at radius 2 is 2.46 bits per heavy atom. The summed E-state index contributed by atoms with van der Waals surface area (Å²) in [4.78, 5) is 10.8. The van der Waals surface area contributed by atoms with Crippen LogP contribution >= 0.6 is 0 Å². The molecule has 0 amide bonds. The van der Waals surface area contributed by atoms with Crippen molar-refractivity contribution < 1.29 is 9.90 Å². The van der Waals surface area contributed by atoms with Crippen molar-refractivity contribution in [1.82, 2.24) is 16.5 Å². The molecule has 6 nitrogen and oxygen atoms in total. The standard InChI is InChI=1S/C7H14N4O2/c1-2-3-5(7(12)13)4-6-8-10-11-9-6/h5,10-11H,2-4H2,1H3,(H,8,9)(H,12,13). The molecule has 6 heteroatoms. The molecule has 0 radical (unpaired) electrons. The van der Waals surface area contributed by atoms with Crippen LogP contribution in [0.2, 0.25) is 0 Å². The highest BCUT2D eigenvalue weighted by Crippen LogP contribution is 2.11. The predicted molar refractivity (Wildman–Crippen MR) is 47.5 cm³/mol. The lowest BCUT2D eigenvalue weighted by atomic mass is 10.00. The second-order valence-electron chi connectivity index (χ2n) is 2.95. The van der Waals surface area contributed by atoms with Crippen molar-refractivity contribution in [3.8, 4) is 0 Å². The minimum atomic E-state index is -0.766. The van der Waals surface area contributed by atoms with Crippen LogP contribution in [0.5, 0.6) is 0 Å². The number of hydrazine groups is 2. The van der Waals surface area contributed by atoms with E-state index in [9.17, 15) is 4.79 Å². The van der Waals surface area contributed by atoms with Crippen LogP contribution in [0.1, 0.15) is 26.2 Å². The Kier molecular flexibility index (Phi) is 3.51. The van der Waals surface area contributed by atoms with Gasteiger partial charge in [0, 0.05) is 6.42 Å². The molecular weight excluding hydrogens is 172 g/mol. The fraction of sp³-hybridized carbons (Fsp3) is 0.714. The molecule has 1 aliphatic heterocycles. The van der Waals surface area contributed by atoms with E-state index in [2.05, 4.69) is 21.6 Å². The molecule has 0 saturated carbocycles. The van der Waals surface area contributed by atoms with Crippen molar-refractivity contribution in [3.05, 3.63) is 0 Å². The number of rotatable bonds is 5. The molecule has 0 saturated heterocycles. The summed E-state index contributed by atoms with van der Waals surface area (Å²) in [6, 6.07) is 0. The van der Waals surface area contributed by atoms with E-state index in [0.29, 0.717) is 18.7 Å². The van der Waals surface area contributed by atoms with E-state index < -0.39 is 5.97 Å². The molecule has 74 valence electrons. The first-order valence-corrected chi connectivity index (χ1v) is 4.29. The summed E-state index contributed by atoms with van der Waals surface area (Å²) >= 11 is 0. The third-order valence-electron chi connectivity index (χ3n) is 1.88. The lowest BCUT2D eigenvalue weighted by Crippen LogP contribution is -2.36. The zero-order chi connectivity index (χ0) is 9.68. The maximum atomic E-state index is 10.8. The molecule has 13 heavy (non-hydrogen) atoms. The lowest BCUT2D eigenvalue weighted by molar-refractivity contribution is -0.141. The molecule has 1 heterocycles. The largest absolute Gasteiger partial charge is 0.481 e. The molecule has 0 fully saturated rings. The Labute approximate surface area is 76.3 Å². The van der Waals surface area contributed by atoms with E-state index in [1.54, 1.807) is 0 Å². The van der Waals surface area contributed by atoms with Crippen LogP contribution in [0.3, 0.4) is 0 Å². The van der Waals surface area contributed by atoms with Crippen molar-refractivity contribution in [2.75, 3.05) is 0 Å². The highest BCUT2D eigenvalue weighted by molar-refractivity contribution is 5.86. The van der Waals surface area contributed by atoms with Crippen LogP contribution in [0, 0.1) is 5.92 Å². The van der Waals surface area contributed by atoms with E-state index in [-0.39, 0.29) is 5.92 Å². The summed E-state index contributed by atoms with van der Waals surface area (Å²) in [6.07, 6.45) is 1.98. The first-order chi connectivity index (χ1) is 6.24. The number of hydrogen-bond donors (Lipinski definition) is 4. The predicted octanol–water partition coefficient (Wildman–Crippen LogP) is -0.197. The smallest absolute Gasteiger partial charge is 0.306 e. The molecule has 0 aromatic rings. The van der Waals surface area contributed by atoms with Crippen LogP contribution in [0.25, 0.3) is 0 Å². The number of hydrazone groups is 1. The number of hydrogen-bond acceptors (Lipinski definition) is 5. The molecule has 0 spiro atoms. The maximum absolute atomic E-state index is 10.8. The highest BCUT2D eigenvalue weighted by Gasteiger charge is 2.20. The van der Waals surface area contributed by atoms with Gasteiger partial charge in [0.25, 0.3) is 0 Å². The summed E-state index contributed by atoms with van der Waals surface area (Å²) in [6.45, 7) is 1.97. The van der Waals surface area contributed by atoms with Gasteiger partial charge in [0.05, 0.1) is 5.92 Å². The summed E-state index contributed by atoms with van der Waals surface area (Å²) < 4.78 is 0. The van der Waals surface area contributed by atoms with E-state index in [4.69, 9.17) is 5.11 Å². The average Bonchev–Trinajstić information content (AvgIpc) is 2.56. The van der Waals surface area contributed by atoms with Crippen LogP contribution in [-0.2, 0) is 4.79 Å². The average molecular weight is 186 g/mol. The highest BCUT2D eigenvalue weighted by atomic mass is 16.4. The van der Waals surface area contributed by atoms with Gasteiger partial charge in [-0.15, -0.1) is 10.6 Å². The minimum absolute atomic E-state index is 0.349. The number of aliphatic carboxylic acids is 1. The minimum Gasteiger partial charge on any atom is -0.481 e. The number of nitrogens with one attached hydrogen (secondary N) is 3. The van der Waals surface area contributed by atoms with Gasteiger partial charge in [0.2, 0.25) is 0 Å². The molecule has 1 rings (SSSR count). The first kappa shape index (κ1) is 9.79. The fourth-order valence-corrected chi connectivity index (χ4v) is 1.21. The summed E-state index contributed by atoms with van der Waals surface area (Å²) in [5, 5.41) is 12.7. The van der Waals surface area contributed by atoms with Crippen LogP contribution in [-0.4, -0.2) is 16.9 Å². The topological polar surface area (TPSA) is 85.8 Å². The number of amidine groups is 1. The van der Waals surface area contributed by atoms with Crippen molar-refractivity contribution in [2.45, 2.75) is 26.2 Å². The molecular formula is C7H14N4O2. The zero-order valence-corrected chi connectivity index (χ0v) is 7.50. The van der Waals surface area contributed by atoms with E-state index in [1.807, 2.05) is 6.92 Å². The third kappa shape index (κ3) is 2.90. The van der Waals surface area contributed by atoms with Gasteiger partial charge < -0.3 is 5.11 Å². The van der Waals surface area contributed by atoms with Gasteiger partial charge >= 0.3 is 5.97 Å². The second kappa shape index (κ2) is 4.66. The monoisotopic (exact) mass is 186 g/mol. The maximum Gasteiger partial charge on any atom is 0.306 e. The van der Waals surface area contributed by atoms with Gasteiger partial charge in [-0.25, -0.2) is 5.53 Å². The van der Waals surface area contributed by atoms with Crippen LogP contribution in [0.15, 0.2) is 5.10 Å². The molecule has 1 unspecified atom stereocenters. The van der Waals surface area contributed by atoms with Gasteiger partial charge in [-0.2, -0.15) is 0 Å². The van der Waals surface area contributed by atoms with Crippen LogP contribution in [0.4, 0.5) is 0 Å². The van der Waals surface area contributed by atoms with Crippen molar-refractivity contribution in [3.63, 3.8) is 0 Å². The van der Waals surface area contributed by atoms with Gasteiger partial charge in [-0.1, -0.05) is 13.3 Å². The van der Waals surface area contributed by atoms with Crippen molar-refractivity contribution in [1.29, 1.82) is 0 Å². The quantitative estimate of drug-likeness (QED) is 0.478. The Morgan fingerprint density at radius 1 is 1.69 bits per heavy atom. The van der Waals surface area contributed by atoms with Crippen LogP contribution < -0.4 is 16.5 Å². The SMILES string of the molecule is CCCC(CC1=NNNN1)C(=O)O. The van der Waals surface area contributed by atoms with Gasteiger partial charge in [0.15, 0.2) is 0 Å². The molecule has 1 aliphatic rings. The van der Waals surface area contributed by atoms with Crippen molar-refractivity contribution in [2.24, 2.45) is 11.0 Å². The van der Waals surface area contributed by atoms with Gasteiger partial charge in [-0.3, -0.25) is 10.2 Å². The van der Waals surface area contributed by atoms with E-state index >= 15 is 0 Å². The summed E-state index contributed by atoms with van der Waals surface area (Å²) in [5.41, 5.74) is 7.78. The molecule has 0 aromatic heterocycles. The van der Waals surface area contributed by atoms with E-state index in [0.717, 1.165) is 6.42 Å². The van der Waals surface area contributed by atoms with E-state index in [1.165, 1.54) is 0 Å². The Bertz CT molecular complexity index is 217. The number of carbonyl (C=O) groups is 1. The fourth-order valence-electron chi connectivity index (χ4n) is 1.21. The van der Waals surface area contributed by atoms with Gasteiger partial charge in [-0.05, 0) is 6.42 Å². The van der Waals surface area contributed by atoms with Crippen molar-refractivity contribution >= 4 is 11.8 Å². The third-order valence-corrected chi connectivity index (χ3v) is 1.88. The first-order valence-electron chi connectivity index (χ1n) is 4.29. The Balaban J connectivity index is 2.41.